The topological polar surface area (TPSA) is 0 Å². The standard InChI is InChI=1S/C6H3F9/c7-3(8)1-4(9,10)2-5(11,12)6(13,14)15/h1H,2H2. The van der Waals surface area contributed by atoms with Crippen molar-refractivity contribution in [2.24, 2.45) is 0 Å². The lowest BCUT2D eigenvalue weighted by Crippen LogP contribution is -2.41. The van der Waals surface area contributed by atoms with E-state index in [-0.39, 0.29) is 0 Å². The summed E-state index contributed by atoms with van der Waals surface area (Å²) in [5, 5.41) is 0. The van der Waals surface area contributed by atoms with Crippen LogP contribution in [0, 0.1) is 0 Å². The smallest absolute Gasteiger partial charge is 0.202 e. The molecule has 9 heteroatoms. The Morgan fingerprint density at radius 2 is 1.27 bits per heavy atom. The first kappa shape index (κ1) is 14.1. The summed E-state index contributed by atoms with van der Waals surface area (Å²) in [6.45, 7) is 0. The van der Waals surface area contributed by atoms with Crippen LogP contribution in [0.1, 0.15) is 6.42 Å². The Labute approximate surface area is 77.4 Å². The van der Waals surface area contributed by atoms with Crippen molar-refractivity contribution in [2.75, 3.05) is 0 Å². The summed E-state index contributed by atoms with van der Waals surface area (Å²) in [6, 6.07) is 0. The van der Waals surface area contributed by atoms with Crippen LogP contribution in [0.25, 0.3) is 0 Å². The van der Waals surface area contributed by atoms with Crippen molar-refractivity contribution >= 4 is 0 Å². The molecule has 0 nitrogen and oxygen atoms in total. The van der Waals surface area contributed by atoms with E-state index in [1.807, 2.05) is 0 Å². The predicted molar refractivity (Wildman–Crippen MR) is 30.9 cm³/mol. The fourth-order valence-corrected chi connectivity index (χ4v) is 0.607. The number of rotatable bonds is 3. The molecule has 0 fully saturated rings. The minimum absolute atomic E-state index is 1.24. The van der Waals surface area contributed by atoms with Gasteiger partial charge in [-0.05, 0) is 0 Å². The van der Waals surface area contributed by atoms with Crippen LogP contribution in [0.5, 0.6) is 0 Å². The molecule has 0 saturated carbocycles. The van der Waals surface area contributed by atoms with Crippen molar-refractivity contribution in [3.63, 3.8) is 0 Å². The maximum Gasteiger partial charge on any atom is 0.453 e. The highest BCUT2D eigenvalue weighted by Gasteiger charge is 2.61. The zero-order chi connectivity index (χ0) is 12.5. The van der Waals surface area contributed by atoms with E-state index in [0.29, 0.717) is 0 Å². The first-order chi connectivity index (χ1) is 6.37. The monoisotopic (exact) mass is 246 g/mol. The van der Waals surface area contributed by atoms with Gasteiger partial charge in [0.05, 0.1) is 6.42 Å². The van der Waals surface area contributed by atoms with Crippen molar-refractivity contribution in [2.45, 2.75) is 24.4 Å². The van der Waals surface area contributed by atoms with Gasteiger partial charge in [-0.25, -0.2) is 8.78 Å². The highest BCUT2D eigenvalue weighted by atomic mass is 19.4. The lowest BCUT2D eigenvalue weighted by Gasteiger charge is -2.22. The van der Waals surface area contributed by atoms with E-state index in [0.717, 1.165) is 0 Å². The molecule has 0 aromatic heterocycles. The van der Waals surface area contributed by atoms with E-state index < -0.39 is 36.6 Å². The Morgan fingerprint density at radius 3 is 1.53 bits per heavy atom. The van der Waals surface area contributed by atoms with Gasteiger partial charge in [0.2, 0.25) is 0 Å². The molecule has 0 radical (unpaired) electrons. The molecule has 0 rings (SSSR count). The van der Waals surface area contributed by atoms with Crippen molar-refractivity contribution in [3.8, 4) is 0 Å². The molecule has 0 unspecified atom stereocenters. The van der Waals surface area contributed by atoms with Crippen LogP contribution in [-0.4, -0.2) is 18.0 Å². The molecule has 0 aromatic rings. The van der Waals surface area contributed by atoms with Gasteiger partial charge in [0.1, 0.15) is 0 Å². The molecule has 0 heterocycles. The highest BCUT2D eigenvalue weighted by molar-refractivity contribution is 4.98. The molecule has 0 aliphatic carbocycles. The number of halogens is 9. The third kappa shape index (κ3) is 4.43. The quantitative estimate of drug-likeness (QED) is 0.660. The number of hydrogen-bond donors (Lipinski definition) is 0. The van der Waals surface area contributed by atoms with E-state index in [2.05, 4.69) is 0 Å². The van der Waals surface area contributed by atoms with Gasteiger partial charge in [-0.3, -0.25) is 0 Å². The molecule has 0 aliphatic heterocycles. The molecule has 0 bridgehead atoms. The predicted octanol–water partition coefficient (Wildman–Crippen LogP) is 3.99. The third-order valence-electron chi connectivity index (χ3n) is 1.19. The fraction of sp³-hybridized carbons (Fsp3) is 0.667. The zero-order valence-corrected chi connectivity index (χ0v) is 6.69. The average Bonchev–Trinajstić information content (AvgIpc) is 1.75. The van der Waals surface area contributed by atoms with Gasteiger partial charge in [0.25, 0.3) is 12.0 Å². The molecule has 90 valence electrons. The van der Waals surface area contributed by atoms with Crippen LogP contribution in [0.3, 0.4) is 0 Å². The van der Waals surface area contributed by atoms with Crippen LogP contribution in [0.4, 0.5) is 39.5 Å². The van der Waals surface area contributed by atoms with Gasteiger partial charge in [-0.2, -0.15) is 30.7 Å². The van der Waals surface area contributed by atoms with E-state index in [1.54, 1.807) is 0 Å². The Morgan fingerprint density at radius 1 is 0.867 bits per heavy atom. The summed E-state index contributed by atoms with van der Waals surface area (Å²) in [7, 11) is 0. The highest BCUT2D eigenvalue weighted by Crippen LogP contribution is 2.43. The molecule has 0 aromatic carbocycles. The largest absolute Gasteiger partial charge is 0.453 e. The lowest BCUT2D eigenvalue weighted by atomic mass is 10.1. The third-order valence-corrected chi connectivity index (χ3v) is 1.19. The Hall–Kier alpha value is -0.890. The van der Waals surface area contributed by atoms with Crippen LogP contribution in [-0.2, 0) is 0 Å². The number of hydrogen-bond acceptors (Lipinski definition) is 0. The van der Waals surface area contributed by atoms with Crippen LogP contribution < -0.4 is 0 Å². The summed E-state index contributed by atoms with van der Waals surface area (Å²) < 4.78 is 105. The number of alkyl halides is 7. The molecular formula is C6H3F9. The maximum atomic E-state index is 12.2. The minimum atomic E-state index is -6.20. The summed E-state index contributed by atoms with van der Waals surface area (Å²) in [6.07, 6.45) is -13.5. The summed E-state index contributed by atoms with van der Waals surface area (Å²) >= 11 is 0. The average molecular weight is 246 g/mol. The normalized spacial score (nSPS) is 13.9. The van der Waals surface area contributed by atoms with Crippen LogP contribution in [0.15, 0.2) is 12.2 Å². The van der Waals surface area contributed by atoms with Gasteiger partial charge < -0.3 is 0 Å². The first-order valence-electron chi connectivity index (χ1n) is 3.24. The maximum absolute atomic E-state index is 12.2. The summed E-state index contributed by atoms with van der Waals surface area (Å²) in [5.41, 5.74) is 0. The molecule has 0 N–H and O–H groups in total. The van der Waals surface area contributed by atoms with Gasteiger partial charge in [0.15, 0.2) is 0 Å². The lowest BCUT2D eigenvalue weighted by molar-refractivity contribution is -0.297. The van der Waals surface area contributed by atoms with E-state index in [4.69, 9.17) is 0 Å². The molecule has 0 amide bonds. The molecule has 0 saturated heterocycles. The summed E-state index contributed by atoms with van der Waals surface area (Å²) in [5.74, 6) is -10.6. The zero-order valence-electron chi connectivity index (χ0n) is 6.69. The van der Waals surface area contributed by atoms with Crippen molar-refractivity contribution < 1.29 is 39.5 Å². The van der Waals surface area contributed by atoms with Gasteiger partial charge >= 0.3 is 12.1 Å². The molecule has 0 aliphatic rings. The van der Waals surface area contributed by atoms with Crippen LogP contribution >= 0.6 is 0 Å². The fourth-order valence-electron chi connectivity index (χ4n) is 0.607. The molecular weight excluding hydrogens is 243 g/mol. The van der Waals surface area contributed by atoms with Gasteiger partial charge in [-0.15, -0.1) is 0 Å². The first-order valence-corrected chi connectivity index (χ1v) is 3.24. The molecule has 15 heavy (non-hydrogen) atoms. The molecule has 0 atom stereocenters. The minimum Gasteiger partial charge on any atom is -0.202 e. The second-order valence-electron chi connectivity index (χ2n) is 2.57. The Bertz CT molecular complexity index is 244. The van der Waals surface area contributed by atoms with Gasteiger partial charge in [0, 0.05) is 6.08 Å². The Balaban J connectivity index is 4.81. The second-order valence-corrected chi connectivity index (χ2v) is 2.57. The Kier molecular flexibility index (Phi) is 3.70. The van der Waals surface area contributed by atoms with Crippen molar-refractivity contribution in [1.29, 1.82) is 0 Å². The number of allylic oxidation sites excluding steroid dienone is 1. The van der Waals surface area contributed by atoms with E-state index in [1.165, 1.54) is 0 Å². The van der Waals surface area contributed by atoms with E-state index in [9.17, 15) is 39.5 Å². The van der Waals surface area contributed by atoms with Crippen molar-refractivity contribution in [3.05, 3.63) is 12.2 Å². The molecule has 0 spiro atoms. The van der Waals surface area contributed by atoms with Gasteiger partial charge in [-0.1, -0.05) is 0 Å². The summed E-state index contributed by atoms with van der Waals surface area (Å²) in [4.78, 5) is 0. The second kappa shape index (κ2) is 3.93. The van der Waals surface area contributed by atoms with E-state index >= 15 is 0 Å². The van der Waals surface area contributed by atoms with Crippen molar-refractivity contribution in [1.82, 2.24) is 0 Å². The van der Waals surface area contributed by atoms with Crippen LogP contribution in [0.2, 0.25) is 0 Å². The SMILES string of the molecule is FC(F)=CC(F)(F)CC(F)(F)C(F)(F)F.